The highest BCUT2D eigenvalue weighted by molar-refractivity contribution is 7.92. The number of hydrogen-bond donors (Lipinski definition) is 1. The van der Waals surface area contributed by atoms with Crippen LogP contribution < -0.4 is 9.46 Å². The van der Waals surface area contributed by atoms with Crippen molar-refractivity contribution in [3.63, 3.8) is 0 Å². The van der Waals surface area contributed by atoms with Crippen LogP contribution in [0.4, 0.5) is 14.5 Å². The molecule has 0 heterocycles. The van der Waals surface area contributed by atoms with E-state index in [2.05, 4.69) is 9.46 Å². The Morgan fingerprint density at radius 1 is 1.17 bits per heavy atom. The molecule has 9 heteroatoms. The third kappa shape index (κ3) is 4.42. The molecule has 0 bridgehead atoms. The van der Waals surface area contributed by atoms with Crippen LogP contribution in [0.3, 0.4) is 0 Å². The Balaban J connectivity index is 2.23. The number of sulfonamides is 1. The van der Waals surface area contributed by atoms with Crippen LogP contribution in [0.1, 0.15) is 17.3 Å². The number of ketones is 1. The lowest BCUT2D eigenvalue weighted by Crippen LogP contribution is -2.13. The van der Waals surface area contributed by atoms with E-state index in [1.165, 1.54) is 31.2 Å². The summed E-state index contributed by atoms with van der Waals surface area (Å²) in [5.74, 6) is -0.470. The van der Waals surface area contributed by atoms with Crippen molar-refractivity contribution in [2.75, 3.05) is 4.72 Å². The van der Waals surface area contributed by atoms with Crippen LogP contribution in [0.25, 0.3) is 0 Å². The minimum Gasteiger partial charge on any atom is -0.433 e. The molecule has 2 rings (SSSR count). The van der Waals surface area contributed by atoms with Crippen LogP contribution in [0.15, 0.2) is 47.4 Å². The van der Waals surface area contributed by atoms with Crippen LogP contribution in [0.5, 0.6) is 5.75 Å². The van der Waals surface area contributed by atoms with Crippen LogP contribution in [0, 0.1) is 0 Å². The minimum atomic E-state index is -3.98. The quantitative estimate of drug-likeness (QED) is 0.776. The minimum absolute atomic E-state index is 0.147. The zero-order valence-electron chi connectivity index (χ0n) is 12.3. The Morgan fingerprint density at radius 3 is 2.29 bits per heavy atom. The molecule has 0 aliphatic carbocycles. The standard InChI is InChI=1S/C15H12ClF2NO4S/c1-9(20)10-2-4-11(5-3-10)19-24(21,22)12-6-7-14(13(16)8-12)23-15(17)18/h2-8,15,19H,1H3. The van der Waals surface area contributed by atoms with E-state index in [1.54, 1.807) is 0 Å². The molecule has 0 aliphatic rings. The van der Waals surface area contributed by atoms with E-state index in [4.69, 9.17) is 11.6 Å². The van der Waals surface area contributed by atoms with Gasteiger partial charge in [0.15, 0.2) is 5.78 Å². The molecule has 2 aromatic rings. The van der Waals surface area contributed by atoms with Crippen molar-refractivity contribution in [1.82, 2.24) is 0 Å². The summed E-state index contributed by atoms with van der Waals surface area (Å²) in [4.78, 5) is 11.0. The van der Waals surface area contributed by atoms with Crippen molar-refractivity contribution in [2.45, 2.75) is 18.4 Å². The average molecular weight is 376 g/mol. The van der Waals surface area contributed by atoms with Gasteiger partial charge in [0.2, 0.25) is 0 Å². The summed E-state index contributed by atoms with van der Waals surface area (Å²) in [5, 5.41) is -0.259. The Labute approximate surface area is 142 Å². The highest BCUT2D eigenvalue weighted by Crippen LogP contribution is 2.29. The third-order valence-corrected chi connectivity index (χ3v) is 4.65. The summed E-state index contributed by atoms with van der Waals surface area (Å²) in [6, 6.07) is 8.97. The van der Waals surface area contributed by atoms with Gasteiger partial charge in [0.1, 0.15) is 5.75 Å². The van der Waals surface area contributed by atoms with Gasteiger partial charge in [-0.3, -0.25) is 9.52 Å². The molecule has 0 amide bonds. The molecule has 0 unspecified atom stereocenters. The summed E-state index contributed by atoms with van der Waals surface area (Å²) >= 11 is 5.75. The fourth-order valence-electron chi connectivity index (χ4n) is 1.83. The number of alkyl halides is 2. The molecule has 0 spiro atoms. The van der Waals surface area contributed by atoms with E-state index in [9.17, 15) is 22.0 Å². The van der Waals surface area contributed by atoms with Crippen molar-refractivity contribution in [1.29, 1.82) is 0 Å². The van der Waals surface area contributed by atoms with Gasteiger partial charge in [-0.05, 0) is 49.4 Å². The smallest absolute Gasteiger partial charge is 0.387 e. The van der Waals surface area contributed by atoms with E-state index in [0.29, 0.717) is 5.56 Å². The molecule has 1 N–H and O–H groups in total. The predicted octanol–water partition coefficient (Wildman–Crippen LogP) is 3.94. The maximum Gasteiger partial charge on any atom is 0.387 e. The molecule has 0 atom stereocenters. The molecule has 0 radical (unpaired) electrons. The molecular weight excluding hydrogens is 364 g/mol. The summed E-state index contributed by atoms with van der Waals surface area (Å²) in [6.45, 7) is -1.67. The summed E-state index contributed by atoms with van der Waals surface area (Å²) in [5.41, 5.74) is 0.679. The van der Waals surface area contributed by atoms with Crippen molar-refractivity contribution < 1.29 is 26.7 Å². The van der Waals surface area contributed by atoms with E-state index >= 15 is 0 Å². The van der Waals surface area contributed by atoms with Gasteiger partial charge < -0.3 is 4.74 Å². The Morgan fingerprint density at radius 2 is 1.79 bits per heavy atom. The molecule has 128 valence electrons. The Hall–Kier alpha value is -2.19. The second kappa shape index (κ2) is 7.14. The molecule has 5 nitrogen and oxygen atoms in total. The zero-order valence-corrected chi connectivity index (χ0v) is 13.9. The first kappa shape index (κ1) is 18.2. The molecule has 2 aromatic carbocycles. The number of rotatable bonds is 6. The number of ether oxygens (including phenoxy) is 1. The second-order valence-corrected chi connectivity index (χ2v) is 6.80. The lowest BCUT2D eigenvalue weighted by atomic mass is 10.1. The molecule has 24 heavy (non-hydrogen) atoms. The van der Waals surface area contributed by atoms with Gasteiger partial charge in [0.05, 0.1) is 9.92 Å². The van der Waals surface area contributed by atoms with Gasteiger partial charge in [0.25, 0.3) is 10.0 Å². The first-order valence-corrected chi connectivity index (χ1v) is 8.43. The lowest BCUT2D eigenvalue weighted by molar-refractivity contribution is -0.0498. The van der Waals surface area contributed by atoms with Crippen molar-refractivity contribution in [3.05, 3.63) is 53.1 Å². The fraction of sp³-hybridized carbons (Fsp3) is 0.133. The Bertz CT molecular complexity index is 854. The number of nitrogens with one attached hydrogen (secondary N) is 1. The summed E-state index contributed by atoms with van der Waals surface area (Å²) < 4.78 is 55.4. The van der Waals surface area contributed by atoms with E-state index in [0.717, 1.165) is 18.2 Å². The molecule has 0 fully saturated rings. The van der Waals surface area contributed by atoms with Crippen molar-refractivity contribution in [3.8, 4) is 5.75 Å². The zero-order chi connectivity index (χ0) is 17.9. The topological polar surface area (TPSA) is 72.5 Å². The first-order chi connectivity index (χ1) is 11.2. The van der Waals surface area contributed by atoms with Crippen LogP contribution >= 0.6 is 11.6 Å². The number of carbonyl (C=O) groups is 1. The van der Waals surface area contributed by atoms with Gasteiger partial charge in [-0.15, -0.1) is 0 Å². The molecule has 0 aromatic heterocycles. The average Bonchev–Trinajstić information content (AvgIpc) is 2.49. The Kier molecular flexibility index (Phi) is 5.40. The summed E-state index contributed by atoms with van der Waals surface area (Å²) in [6.07, 6.45) is 0. The maximum absolute atomic E-state index is 12.3. The second-order valence-electron chi connectivity index (χ2n) is 4.71. The molecule has 0 aliphatic heterocycles. The highest BCUT2D eigenvalue weighted by atomic mass is 35.5. The fourth-order valence-corrected chi connectivity index (χ4v) is 3.20. The first-order valence-electron chi connectivity index (χ1n) is 6.57. The molecule has 0 saturated heterocycles. The van der Waals surface area contributed by atoms with Crippen LogP contribution in [-0.4, -0.2) is 20.8 Å². The number of benzene rings is 2. The van der Waals surface area contributed by atoms with Gasteiger partial charge in [-0.25, -0.2) is 8.42 Å². The number of anilines is 1. The maximum atomic E-state index is 12.3. The number of carbonyl (C=O) groups excluding carboxylic acids is 1. The van der Waals surface area contributed by atoms with Gasteiger partial charge in [-0.1, -0.05) is 11.6 Å². The van der Waals surface area contributed by atoms with E-state index in [-0.39, 0.29) is 27.1 Å². The van der Waals surface area contributed by atoms with E-state index in [1.807, 2.05) is 0 Å². The lowest BCUT2D eigenvalue weighted by Gasteiger charge is -2.11. The van der Waals surface area contributed by atoms with Crippen molar-refractivity contribution >= 4 is 33.1 Å². The van der Waals surface area contributed by atoms with Crippen LogP contribution in [0.2, 0.25) is 5.02 Å². The monoisotopic (exact) mass is 375 g/mol. The van der Waals surface area contributed by atoms with E-state index < -0.39 is 16.6 Å². The third-order valence-electron chi connectivity index (χ3n) is 2.97. The highest BCUT2D eigenvalue weighted by Gasteiger charge is 2.17. The number of halogens is 3. The largest absolute Gasteiger partial charge is 0.433 e. The van der Waals surface area contributed by atoms with Gasteiger partial charge in [-0.2, -0.15) is 8.78 Å². The van der Waals surface area contributed by atoms with Gasteiger partial charge in [0, 0.05) is 11.3 Å². The van der Waals surface area contributed by atoms with Crippen LogP contribution in [-0.2, 0) is 10.0 Å². The predicted molar refractivity (Wildman–Crippen MR) is 85.3 cm³/mol. The molecular formula is C15H12ClF2NO4S. The normalized spacial score (nSPS) is 11.4. The van der Waals surface area contributed by atoms with Crippen molar-refractivity contribution in [2.24, 2.45) is 0 Å². The SMILES string of the molecule is CC(=O)c1ccc(NS(=O)(=O)c2ccc(OC(F)F)c(Cl)c2)cc1. The summed E-state index contributed by atoms with van der Waals surface area (Å²) in [7, 11) is -3.98. The van der Waals surface area contributed by atoms with Gasteiger partial charge >= 0.3 is 6.61 Å². The number of Topliss-reactive ketones (excluding diaryl/α,β-unsaturated/α-hetero) is 1. The molecule has 0 saturated carbocycles. The number of hydrogen-bond acceptors (Lipinski definition) is 4.